The summed E-state index contributed by atoms with van der Waals surface area (Å²) in [6, 6.07) is 3.10. The molecular formula is C14H15BrFN3OS. The fourth-order valence-electron chi connectivity index (χ4n) is 2.71. The summed E-state index contributed by atoms with van der Waals surface area (Å²) in [6.45, 7) is 2.16. The lowest BCUT2D eigenvalue weighted by atomic mass is 10.3. The highest BCUT2D eigenvalue weighted by molar-refractivity contribution is 9.10. The van der Waals surface area contributed by atoms with Gasteiger partial charge in [-0.2, -0.15) is 0 Å². The number of likely N-dealkylation sites (tertiary alicyclic amines) is 1. The minimum Gasteiger partial charge on any atom is -0.343 e. The second-order valence-corrected chi connectivity index (χ2v) is 6.44. The quantitative estimate of drug-likeness (QED) is 0.837. The summed E-state index contributed by atoms with van der Waals surface area (Å²) in [5, 5.41) is 0. The maximum Gasteiger partial charge on any atom is 0.224 e. The molecular weight excluding hydrogens is 357 g/mol. The van der Waals surface area contributed by atoms with E-state index in [2.05, 4.69) is 20.9 Å². The van der Waals surface area contributed by atoms with Gasteiger partial charge in [-0.15, -0.1) is 0 Å². The molecule has 3 rings (SSSR count). The molecule has 2 aromatic rings. The number of amides is 1. The molecule has 1 aliphatic heterocycles. The Morgan fingerprint density at radius 3 is 2.81 bits per heavy atom. The fraction of sp³-hybridized carbons (Fsp3) is 0.429. The van der Waals surface area contributed by atoms with Crippen molar-refractivity contribution < 1.29 is 9.18 Å². The molecule has 0 aliphatic carbocycles. The maximum absolute atomic E-state index is 13.7. The molecule has 0 spiro atoms. The van der Waals surface area contributed by atoms with Gasteiger partial charge in [-0.3, -0.25) is 4.79 Å². The Morgan fingerprint density at radius 2 is 2.10 bits per heavy atom. The first-order chi connectivity index (χ1) is 10.1. The van der Waals surface area contributed by atoms with Crippen LogP contribution in [0.2, 0.25) is 0 Å². The van der Waals surface area contributed by atoms with E-state index in [1.807, 2.05) is 4.90 Å². The smallest absolute Gasteiger partial charge is 0.224 e. The van der Waals surface area contributed by atoms with E-state index in [9.17, 15) is 9.18 Å². The van der Waals surface area contributed by atoms with Crippen molar-refractivity contribution in [1.82, 2.24) is 14.5 Å². The third kappa shape index (κ3) is 2.89. The molecule has 1 aromatic carbocycles. The summed E-state index contributed by atoms with van der Waals surface area (Å²) in [6.07, 6.45) is 2.55. The van der Waals surface area contributed by atoms with Gasteiger partial charge < -0.3 is 14.5 Å². The molecule has 21 heavy (non-hydrogen) atoms. The van der Waals surface area contributed by atoms with Crippen LogP contribution < -0.4 is 0 Å². The van der Waals surface area contributed by atoms with E-state index < -0.39 is 0 Å². The van der Waals surface area contributed by atoms with Crippen molar-refractivity contribution in [2.75, 3.05) is 13.1 Å². The summed E-state index contributed by atoms with van der Waals surface area (Å²) < 4.78 is 16.4. The fourth-order valence-corrected chi connectivity index (χ4v) is 3.35. The van der Waals surface area contributed by atoms with Crippen LogP contribution in [0.1, 0.15) is 19.3 Å². The molecule has 0 saturated carbocycles. The van der Waals surface area contributed by atoms with Crippen molar-refractivity contribution >= 4 is 45.1 Å². The lowest BCUT2D eigenvalue weighted by Gasteiger charge is -2.15. The first-order valence-corrected chi connectivity index (χ1v) is 8.12. The van der Waals surface area contributed by atoms with Crippen LogP contribution >= 0.6 is 28.1 Å². The van der Waals surface area contributed by atoms with Gasteiger partial charge in [0.15, 0.2) is 4.77 Å². The number of benzene rings is 1. The molecule has 0 unspecified atom stereocenters. The minimum absolute atomic E-state index is 0.140. The van der Waals surface area contributed by atoms with Gasteiger partial charge in [0.05, 0.1) is 15.5 Å². The summed E-state index contributed by atoms with van der Waals surface area (Å²) in [5.74, 6) is -0.197. The Bertz CT molecular complexity index is 748. The molecule has 0 radical (unpaired) electrons. The van der Waals surface area contributed by atoms with E-state index in [-0.39, 0.29) is 11.7 Å². The molecule has 1 saturated heterocycles. The van der Waals surface area contributed by atoms with Gasteiger partial charge in [0.25, 0.3) is 0 Å². The number of fused-ring (bicyclic) bond motifs is 1. The van der Waals surface area contributed by atoms with E-state index in [1.54, 1.807) is 10.6 Å². The SMILES string of the molecule is O=C(CCn1c(=S)[nH]c2cc(Br)c(F)cc21)N1CCCC1. The molecule has 0 bridgehead atoms. The number of nitrogens with one attached hydrogen (secondary N) is 1. The van der Waals surface area contributed by atoms with E-state index in [0.29, 0.717) is 27.7 Å². The summed E-state index contributed by atoms with van der Waals surface area (Å²) in [4.78, 5) is 17.0. The lowest BCUT2D eigenvalue weighted by molar-refractivity contribution is -0.130. The molecule has 1 aliphatic rings. The first kappa shape index (κ1) is 14.7. The number of hydrogen-bond donors (Lipinski definition) is 1. The predicted molar refractivity (Wildman–Crippen MR) is 85.2 cm³/mol. The van der Waals surface area contributed by atoms with Crippen molar-refractivity contribution in [2.24, 2.45) is 0 Å². The van der Waals surface area contributed by atoms with Crippen molar-refractivity contribution in [1.29, 1.82) is 0 Å². The zero-order valence-electron chi connectivity index (χ0n) is 11.4. The summed E-state index contributed by atoms with van der Waals surface area (Å²) in [7, 11) is 0. The highest BCUT2D eigenvalue weighted by Crippen LogP contribution is 2.23. The number of hydrogen-bond acceptors (Lipinski definition) is 2. The van der Waals surface area contributed by atoms with Gasteiger partial charge >= 0.3 is 0 Å². The molecule has 1 aromatic heterocycles. The van der Waals surface area contributed by atoms with E-state index in [0.717, 1.165) is 31.4 Å². The highest BCUT2D eigenvalue weighted by atomic mass is 79.9. The zero-order chi connectivity index (χ0) is 15.0. The van der Waals surface area contributed by atoms with Gasteiger partial charge in [0.1, 0.15) is 5.82 Å². The van der Waals surface area contributed by atoms with Crippen LogP contribution in [0.5, 0.6) is 0 Å². The molecule has 1 N–H and O–H groups in total. The van der Waals surface area contributed by atoms with Crippen LogP contribution in [0.3, 0.4) is 0 Å². The number of nitrogens with zero attached hydrogens (tertiary/aromatic N) is 2. The van der Waals surface area contributed by atoms with Crippen LogP contribution in [-0.2, 0) is 11.3 Å². The van der Waals surface area contributed by atoms with E-state index >= 15 is 0 Å². The standard InChI is InChI=1S/C14H15BrFN3OS/c15-9-7-11-12(8-10(9)16)19(14(21)17-11)6-3-13(20)18-4-1-2-5-18/h7-8H,1-6H2,(H,17,21). The first-order valence-electron chi connectivity index (χ1n) is 6.91. The lowest BCUT2D eigenvalue weighted by Crippen LogP contribution is -2.28. The minimum atomic E-state index is -0.337. The number of imidazole rings is 1. The number of aryl methyl sites for hydroxylation is 1. The Balaban J connectivity index is 1.83. The number of carbonyl (C=O) groups excluding carboxylic acids is 1. The molecule has 1 fully saturated rings. The average molecular weight is 372 g/mol. The monoisotopic (exact) mass is 371 g/mol. The van der Waals surface area contributed by atoms with E-state index in [1.165, 1.54) is 6.07 Å². The number of carbonyl (C=O) groups is 1. The van der Waals surface area contributed by atoms with Gasteiger partial charge in [0.2, 0.25) is 5.91 Å². The Hall–Kier alpha value is -1.21. The van der Waals surface area contributed by atoms with Gasteiger partial charge in [-0.25, -0.2) is 4.39 Å². The molecule has 4 nitrogen and oxygen atoms in total. The molecule has 0 atom stereocenters. The van der Waals surface area contributed by atoms with Crippen molar-refractivity contribution in [3.05, 3.63) is 27.2 Å². The van der Waals surface area contributed by atoms with Gasteiger partial charge in [-0.1, -0.05) is 0 Å². The normalized spacial score (nSPS) is 15.0. The average Bonchev–Trinajstić information content (AvgIpc) is 3.06. The van der Waals surface area contributed by atoms with Crippen LogP contribution in [0, 0.1) is 10.6 Å². The Morgan fingerprint density at radius 1 is 1.38 bits per heavy atom. The second kappa shape index (κ2) is 5.88. The number of halogens is 2. The topological polar surface area (TPSA) is 41.0 Å². The molecule has 112 valence electrons. The van der Waals surface area contributed by atoms with Crippen molar-refractivity contribution in [2.45, 2.75) is 25.8 Å². The number of aromatic amines is 1. The van der Waals surface area contributed by atoms with E-state index in [4.69, 9.17) is 12.2 Å². The molecule has 7 heteroatoms. The maximum atomic E-state index is 13.7. The molecule has 2 heterocycles. The van der Waals surface area contributed by atoms with Crippen molar-refractivity contribution in [3.8, 4) is 0 Å². The number of aromatic nitrogens is 2. The van der Waals surface area contributed by atoms with Crippen LogP contribution in [0.4, 0.5) is 4.39 Å². The number of rotatable bonds is 3. The third-order valence-electron chi connectivity index (χ3n) is 3.82. The van der Waals surface area contributed by atoms with Crippen LogP contribution in [-0.4, -0.2) is 33.4 Å². The van der Waals surface area contributed by atoms with Gasteiger partial charge in [0, 0.05) is 32.1 Å². The second-order valence-electron chi connectivity index (χ2n) is 5.20. The van der Waals surface area contributed by atoms with Crippen LogP contribution in [0.25, 0.3) is 11.0 Å². The predicted octanol–water partition coefficient (Wildman–Crippen LogP) is 3.61. The number of H-pyrrole nitrogens is 1. The zero-order valence-corrected chi connectivity index (χ0v) is 13.8. The summed E-state index contributed by atoms with van der Waals surface area (Å²) in [5.41, 5.74) is 1.46. The largest absolute Gasteiger partial charge is 0.343 e. The third-order valence-corrected chi connectivity index (χ3v) is 4.75. The van der Waals surface area contributed by atoms with Gasteiger partial charge in [-0.05, 0) is 47.1 Å². The molecule has 1 amide bonds. The van der Waals surface area contributed by atoms with Crippen LogP contribution in [0.15, 0.2) is 16.6 Å². The Labute approximate surface area is 135 Å². The van der Waals surface area contributed by atoms with Crippen molar-refractivity contribution in [3.63, 3.8) is 0 Å². The Kier molecular flexibility index (Phi) is 4.12. The highest BCUT2D eigenvalue weighted by Gasteiger charge is 2.18. The summed E-state index contributed by atoms with van der Waals surface area (Å²) >= 11 is 8.43.